The molecule has 0 saturated heterocycles. The van der Waals surface area contributed by atoms with Crippen molar-refractivity contribution in [2.45, 2.75) is 32.4 Å². The lowest BCUT2D eigenvalue weighted by molar-refractivity contribution is 0.0525. The first kappa shape index (κ1) is 20.1. The molecule has 2 N–H and O–H groups in total. The minimum atomic E-state index is -0.543. The smallest absolute Gasteiger partial charge is 0.407 e. The van der Waals surface area contributed by atoms with Gasteiger partial charge in [0.15, 0.2) is 0 Å². The predicted molar refractivity (Wildman–Crippen MR) is 117 cm³/mol. The second-order valence-corrected chi connectivity index (χ2v) is 8.44. The molecule has 146 valence electrons. The Labute approximate surface area is 173 Å². The molecule has 0 aliphatic heterocycles. The quantitative estimate of drug-likeness (QED) is 0.504. The van der Waals surface area contributed by atoms with Crippen molar-refractivity contribution in [2.75, 3.05) is 6.54 Å². The number of ether oxygens (including phenoxy) is 1. The van der Waals surface area contributed by atoms with Gasteiger partial charge in [-0.2, -0.15) is 0 Å². The summed E-state index contributed by atoms with van der Waals surface area (Å²) in [6.07, 6.45) is 3.33. The van der Waals surface area contributed by atoms with E-state index in [1.165, 1.54) is 0 Å². The first-order valence-corrected chi connectivity index (χ1v) is 9.93. The van der Waals surface area contributed by atoms with Crippen LogP contribution in [0.15, 0.2) is 64.2 Å². The van der Waals surface area contributed by atoms with Crippen LogP contribution in [-0.4, -0.2) is 29.4 Å². The van der Waals surface area contributed by atoms with Crippen LogP contribution in [0.4, 0.5) is 4.79 Å². The summed E-state index contributed by atoms with van der Waals surface area (Å²) in [7, 11) is 0. The van der Waals surface area contributed by atoms with Crippen LogP contribution in [0.25, 0.3) is 10.9 Å². The normalized spacial score (nSPS) is 13.0. The zero-order valence-electron chi connectivity index (χ0n) is 16.2. The minimum absolute atomic E-state index is 0.254. The van der Waals surface area contributed by atoms with Crippen molar-refractivity contribution in [3.63, 3.8) is 0 Å². The maximum Gasteiger partial charge on any atom is 0.407 e. The Morgan fingerprint density at radius 1 is 1.25 bits per heavy atom. The molecule has 1 atom stereocenters. The van der Waals surface area contributed by atoms with Gasteiger partial charge in [0.2, 0.25) is 0 Å². The molecular weight excluding hydrogens is 418 g/mol. The molecule has 1 aromatic heterocycles. The summed E-state index contributed by atoms with van der Waals surface area (Å²) < 4.78 is 6.35. The van der Waals surface area contributed by atoms with Crippen LogP contribution < -0.4 is 5.32 Å². The van der Waals surface area contributed by atoms with Gasteiger partial charge >= 0.3 is 6.09 Å². The van der Waals surface area contributed by atoms with Gasteiger partial charge in [0.25, 0.3) is 0 Å². The fourth-order valence-electron chi connectivity index (χ4n) is 2.84. The molecular formula is C22H24BrN3O2. The summed E-state index contributed by atoms with van der Waals surface area (Å²) in [4.78, 5) is 20.2. The van der Waals surface area contributed by atoms with Crippen LogP contribution in [0.5, 0.6) is 0 Å². The number of rotatable bonds is 5. The van der Waals surface area contributed by atoms with E-state index in [1.54, 1.807) is 0 Å². The molecule has 0 saturated carbocycles. The summed E-state index contributed by atoms with van der Waals surface area (Å²) >= 11 is 3.53. The van der Waals surface area contributed by atoms with E-state index < -0.39 is 11.7 Å². The van der Waals surface area contributed by atoms with Crippen molar-refractivity contribution >= 4 is 39.1 Å². The summed E-state index contributed by atoms with van der Waals surface area (Å²) in [5, 5.41) is 3.91. The number of alkyl carbamates (subject to hydrolysis) is 1. The van der Waals surface area contributed by atoms with Gasteiger partial charge in [-0.3, -0.25) is 4.99 Å². The molecule has 0 bridgehead atoms. The van der Waals surface area contributed by atoms with E-state index in [4.69, 9.17) is 9.73 Å². The first-order chi connectivity index (χ1) is 13.3. The number of amides is 1. The number of hydrogen-bond donors (Lipinski definition) is 2. The van der Waals surface area contributed by atoms with Crippen molar-refractivity contribution in [1.29, 1.82) is 0 Å². The lowest BCUT2D eigenvalue weighted by Crippen LogP contribution is -2.34. The number of H-pyrrole nitrogens is 1. The van der Waals surface area contributed by atoms with Crippen molar-refractivity contribution < 1.29 is 9.53 Å². The largest absolute Gasteiger partial charge is 0.444 e. The van der Waals surface area contributed by atoms with Crippen molar-refractivity contribution in [1.82, 2.24) is 10.3 Å². The Balaban J connectivity index is 1.86. The lowest BCUT2D eigenvalue weighted by atomic mass is 10.1. The number of fused-ring (bicyclic) bond motifs is 1. The molecule has 5 nitrogen and oxygen atoms in total. The lowest BCUT2D eigenvalue weighted by Gasteiger charge is -2.21. The molecule has 3 aromatic rings. The molecule has 0 spiro atoms. The highest BCUT2D eigenvalue weighted by Gasteiger charge is 2.19. The summed E-state index contributed by atoms with van der Waals surface area (Å²) in [6.45, 7) is 5.86. The van der Waals surface area contributed by atoms with Gasteiger partial charge in [-0.15, -0.1) is 0 Å². The van der Waals surface area contributed by atoms with Gasteiger partial charge in [0, 0.05) is 39.9 Å². The number of aromatic nitrogens is 1. The van der Waals surface area contributed by atoms with Crippen molar-refractivity contribution in [3.05, 3.63) is 70.3 Å². The Morgan fingerprint density at radius 3 is 2.71 bits per heavy atom. The summed E-state index contributed by atoms with van der Waals surface area (Å²) in [5.74, 6) is 0. The second kappa shape index (κ2) is 8.61. The van der Waals surface area contributed by atoms with E-state index in [-0.39, 0.29) is 6.04 Å². The van der Waals surface area contributed by atoms with E-state index in [0.29, 0.717) is 6.54 Å². The number of nitrogens with one attached hydrogen (secondary N) is 2. The molecule has 28 heavy (non-hydrogen) atoms. The Morgan fingerprint density at radius 2 is 2.00 bits per heavy atom. The second-order valence-electron chi connectivity index (χ2n) is 7.52. The average molecular weight is 442 g/mol. The standard InChI is InChI=1S/C22H24BrN3O2/c1-22(2,3)28-21(27)26-14-20(24-12-15-7-5-4-6-8-15)18-13-25-19-10-9-16(23)11-17(18)19/h4-13,20,25H,14H2,1-3H3,(H,26,27)/b24-12+. The van der Waals surface area contributed by atoms with Gasteiger partial charge in [-0.1, -0.05) is 46.3 Å². The fraction of sp³-hybridized carbons (Fsp3) is 0.273. The Hall–Kier alpha value is -2.60. The van der Waals surface area contributed by atoms with Crippen molar-refractivity contribution in [3.8, 4) is 0 Å². The Bertz CT molecular complexity index is 974. The number of carbonyl (C=O) groups excluding carboxylic acids is 1. The van der Waals surface area contributed by atoms with E-state index >= 15 is 0 Å². The van der Waals surface area contributed by atoms with Gasteiger partial charge in [0.1, 0.15) is 5.60 Å². The molecule has 6 heteroatoms. The van der Waals surface area contributed by atoms with Crippen LogP contribution in [0.1, 0.15) is 37.9 Å². The van der Waals surface area contributed by atoms with E-state index in [9.17, 15) is 4.79 Å². The van der Waals surface area contributed by atoms with E-state index in [0.717, 1.165) is 26.5 Å². The van der Waals surface area contributed by atoms with Crippen LogP contribution >= 0.6 is 15.9 Å². The van der Waals surface area contributed by atoms with Gasteiger partial charge in [-0.05, 0) is 44.5 Å². The highest BCUT2D eigenvalue weighted by atomic mass is 79.9. The third-order valence-corrected chi connectivity index (χ3v) is 4.57. The third-order valence-electron chi connectivity index (χ3n) is 4.08. The predicted octanol–water partition coefficient (Wildman–Crippen LogP) is 5.62. The van der Waals surface area contributed by atoms with E-state index in [1.807, 2.05) is 75.6 Å². The van der Waals surface area contributed by atoms with Gasteiger partial charge in [-0.25, -0.2) is 4.79 Å². The first-order valence-electron chi connectivity index (χ1n) is 9.13. The SMILES string of the molecule is CC(C)(C)OC(=O)NCC(/N=C/c1ccccc1)c1c[nH]c2ccc(Br)cc12. The molecule has 0 radical (unpaired) electrons. The highest BCUT2D eigenvalue weighted by Crippen LogP contribution is 2.29. The van der Waals surface area contributed by atoms with Crippen LogP contribution in [0.2, 0.25) is 0 Å². The number of carbonyl (C=O) groups is 1. The average Bonchev–Trinajstić information content (AvgIpc) is 3.04. The topological polar surface area (TPSA) is 66.5 Å². The van der Waals surface area contributed by atoms with Crippen LogP contribution in [-0.2, 0) is 4.74 Å². The van der Waals surface area contributed by atoms with Crippen molar-refractivity contribution in [2.24, 2.45) is 4.99 Å². The number of hydrogen-bond acceptors (Lipinski definition) is 3. The number of aliphatic imine (C=N–C) groups is 1. The summed E-state index contributed by atoms with van der Waals surface area (Å²) in [5.41, 5.74) is 2.50. The molecule has 1 unspecified atom stereocenters. The number of benzene rings is 2. The molecule has 1 heterocycles. The Kier molecular flexibility index (Phi) is 6.19. The number of halogens is 1. The molecule has 3 rings (SSSR count). The third kappa shape index (κ3) is 5.45. The monoisotopic (exact) mass is 441 g/mol. The molecule has 0 aliphatic rings. The zero-order chi connectivity index (χ0) is 20.1. The number of aromatic amines is 1. The number of nitrogens with zero attached hydrogens (tertiary/aromatic N) is 1. The maximum atomic E-state index is 12.1. The van der Waals surface area contributed by atoms with Gasteiger partial charge in [0.05, 0.1) is 6.04 Å². The molecule has 0 fully saturated rings. The van der Waals surface area contributed by atoms with Gasteiger partial charge < -0.3 is 15.0 Å². The summed E-state index contributed by atoms with van der Waals surface area (Å²) in [6, 6.07) is 15.7. The minimum Gasteiger partial charge on any atom is -0.444 e. The molecule has 2 aromatic carbocycles. The van der Waals surface area contributed by atoms with Crippen LogP contribution in [0, 0.1) is 0 Å². The highest BCUT2D eigenvalue weighted by molar-refractivity contribution is 9.10. The zero-order valence-corrected chi connectivity index (χ0v) is 17.8. The molecule has 1 amide bonds. The fourth-order valence-corrected chi connectivity index (χ4v) is 3.20. The maximum absolute atomic E-state index is 12.1. The van der Waals surface area contributed by atoms with Crippen LogP contribution in [0.3, 0.4) is 0 Å². The van der Waals surface area contributed by atoms with E-state index in [2.05, 4.69) is 32.3 Å². The molecule has 0 aliphatic carbocycles.